The summed E-state index contributed by atoms with van der Waals surface area (Å²) in [5.74, 6) is 1.14. The Bertz CT molecular complexity index is 710. The average Bonchev–Trinajstić information content (AvgIpc) is 3.10. The van der Waals surface area contributed by atoms with E-state index < -0.39 is 12.1 Å². The van der Waals surface area contributed by atoms with Gasteiger partial charge in [-0.1, -0.05) is 44.2 Å². The predicted octanol–water partition coefficient (Wildman–Crippen LogP) is 1.59. The van der Waals surface area contributed by atoms with Gasteiger partial charge >= 0.3 is 6.03 Å². The number of benzene rings is 1. The van der Waals surface area contributed by atoms with Crippen molar-refractivity contribution >= 4 is 11.9 Å². The molecular formula is C16H19N5O2. The van der Waals surface area contributed by atoms with E-state index in [2.05, 4.69) is 20.5 Å². The molecule has 0 spiro atoms. The lowest BCUT2D eigenvalue weighted by Gasteiger charge is -2.11. The van der Waals surface area contributed by atoms with Crippen LogP contribution in [0.3, 0.4) is 0 Å². The zero-order valence-corrected chi connectivity index (χ0v) is 13.1. The van der Waals surface area contributed by atoms with Crippen LogP contribution >= 0.6 is 0 Å². The quantitative estimate of drug-likeness (QED) is 0.820. The van der Waals surface area contributed by atoms with Gasteiger partial charge in [-0.15, -0.1) is 0 Å². The van der Waals surface area contributed by atoms with Gasteiger partial charge in [0.1, 0.15) is 11.9 Å². The van der Waals surface area contributed by atoms with Crippen molar-refractivity contribution < 1.29 is 9.59 Å². The molecule has 0 bridgehead atoms. The Morgan fingerprint density at radius 1 is 1.22 bits per heavy atom. The first-order chi connectivity index (χ1) is 11.0. The summed E-state index contributed by atoms with van der Waals surface area (Å²) in [5, 5.41) is 9.60. The number of imide groups is 1. The van der Waals surface area contributed by atoms with Crippen molar-refractivity contribution in [2.45, 2.75) is 38.8 Å². The second kappa shape index (κ2) is 6.20. The first-order valence-electron chi connectivity index (χ1n) is 7.61. The Hall–Kier alpha value is -2.70. The molecule has 3 amide bonds. The highest BCUT2D eigenvalue weighted by Gasteiger charge is 2.38. The van der Waals surface area contributed by atoms with E-state index in [-0.39, 0.29) is 18.4 Å². The van der Waals surface area contributed by atoms with E-state index in [0.29, 0.717) is 18.1 Å². The summed E-state index contributed by atoms with van der Waals surface area (Å²) in [6, 6.07) is 8.70. The van der Waals surface area contributed by atoms with Crippen molar-refractivity contribution in [2.75, 3.05) is 0 Å². The molecule has 120 valence electrons. The van der Waals surface area contributed by atoms with Crippen molar-refractivity contribution in [3.63, 3.8) is 0 Å². The number of amides is 3. The number of aromatic nitrogens is 3. The van der Waals surface area contributed by atoms with Crippen LogP contribution in [0.5, 0.6) is 0 Å². The molecule has 3 rings (SSSR count). The van der Waals surface area contributed by atoms with Gasteiger partial charge in [-0.2, -0.15) is 5.10 Å². The van der Waals surface area contributed by atoms with Gasteiger partial charge in [0.2, 0.25) is 0 Å². The number of hydrogen-bond acceptors (Lipinski definition) is 4. The van der Waals surface area contributed by atoms with Crippen LogP contribution in [0.15, 0.2) is 30.3 Å². The smallest absolute Gasteiger partial charge is 0.325 e. The van der Waals surface area contributed by atoms with Crippen molar-refractivity contribution in [3.05, 3.63) is 47.5 Å². The summed E-state index contributed by atoms with van der Waals surface area (Å²) in [6.45, 7) is 4.07. The molecule has 1 unspecified atom stereocenters. The number of urea groups is 1. The molecule has 1 atom stereocenters. The maximum Gasteiger partial charge on any atom is 0.325 e. The van der Waals surface area contributed by atoms with Crippen LogP contribution < -0.4 is 5.32 Å². The molecule has 2 heterocycles. The third kappa shape index (κ3) is 3.23. The summed E-state index contributed by atoms with van der Waals surface area (Å²) in [7, 11) is 0. The van der Waals surface area contributed by atoms with E-state index in [0.717, 1.165) is 5.56 Å². The van der Waals surface area contributed by atoms with Crippen molar-refractivity contribution in [2.24, 2.45) is 0 Å². The van der Waals surface area contributed by atoms with Crippen LogP contribution in [-0.4, -0.2) is 38.1 Å². The SMILES string of the molecule is CC(C)c1n[nH]c(CN2C(=O)NC(Cc3ccccc3)C2=O)n1. The van der Waals surface area contributed by atoms with E-state index in [9.17, 15) is 9.59 Å². The summed E-state index contributed by atoms with van der Waals surface area (Å²) in [5.41, 5.74) is 1.01. The third-order valence-electron chi connectivity index (χ3n) is 3.76. The van der Waals surface area contributed by atoms with Crippen LogP contribution in [0.4, 0.5) is 4.79 Å². The molecule has 1 aromatic carbocycles. The lowest BCUT2D eigenvalue weighted by Crippen LogP contribution is -2.32. The van der Waals surface area contributed by atoms with Gasteiger partial charge in [0.05, 0.1) is 6.54 Å². The number of aromatic amines is 1. The lowest BCUT2D eigenvalue weighted by atomic mass is 10.1. The molecule has 7 nitrogen and oxygen atoms in total. The molecule has 2 aromatic rings. The Labute approximate surface area is 134 Å². The summed E-state index contributed by atoms with van der Waals surface area (Å²) < 4.78 is 0. The van der Waals surface area contributed by atoms with E-state index >= 15 is 0 Å². The molecule has 0 saturated carbocycles. The minimum absolute atomic E-state index is 0.107. The summed E-state index contributed by atoms with van der Waals surface area (Å²) in [4.78, 5) is 30.0. The van der Waals surface area contributed by atoms with Gasteiger partial charge in [-0.25, -0.2) is 9.78 Å². The molecule has 7 heteroatoms. The van der Waals surface area contributed by atoms with Gasteiger partial charge in [0, 0.05) is 12.3 Å². The monoisotopic (exact) mass is 313 g/mol. The van der Waals surface area contributed by atoms with Gasteiger partial charge in [0.15, 0.2) is 5.82 Å². The zero-order valence-electron chi connectivity index (χ0n) is 13.1. The molecule has 23 heavy (non-hydrogen) atoms. The maximum absolute atomic E-state index is 12.4. The van der Waals surface area contributed by atoms with E-state index in [4.69, 9.17) is 0 Å². The molecule has 2 N–H and O–H groups in total. The normalized spacial score (nSPS) is 17.9. The van der Waals surface area contributed by atoms with Gasteiger partial charge in [0.25, 0.3) is 5.91 Å². The van der Waals surface area contributed by atoms with Gasteiger partial charge in [-0.3, -0.25) is 14.8 Å². The Morgan fingerprint density at radius 3 is 2.61 bits per heavy atom. The zero-order chi connectivity index (χ0) is 16.4. The second-order valence-electron chi connectivity index (χ2n) is 5.91. The van der Waals surface area contributed by atoms with Crippen LogP contribution in [0, 0.1) is 0 Å². The Kier molecular flexibility index (Phi) is 4.10. The molecule has 1 aromatic heterocycles. The van der Waals surface area contributed by atoms with Gasteiger partial charge < -0.3 is 5.32 Å². The first kappa shape index (κ1) is 15.2. The molecular weight excluding hydrogens is 294 g/mol. The molecule has 1 aliphatic rings. The second-order valence-corrected chi connectivity index (χ2v) is 5.91. The number of rotatable bonds is 5. The van der Waals surface area contributed by atoms with Crippen molar-refractivity contribution in [3.8, 4) is 0 Å². The molecule has 1 fully saturated rings. The number of hydrogen-bond donors (Lipinski definition) is 2. The van der Waals surface area contributed by atoms with Crippen LogP contribution in [0.2, 0.25) is 0 Å². The minimum atomic E-state index is -0.530. The number of H-pyrrole nitrogens is 1. The van der Waals surface area contributed by atoms with E-state index in [1.807, 2.05) is 44.2 Å². The van der Waals surface area contributed by atoms with E-state index in [1.165, 1.54) is 4.90 Å². The largest absolute Gasteiger partial charge is 0.325 e. The van der Waals surface area contributed by atoms with Crippen LogP contribution in [0.1, 0.15) is 37.0 Å². The van der Waals surface area contributed by atoms with Crippen molar-refractivity contribution in [1.29, 1.82) is 0 Å². The maximum atomic E-state index is 12.4. The lowest BCUT2D eigenvalue weighted by molar-refractivity contribution is -0.127. The summed E-state index contributed by atoms with van der Waals surface area (Å²) >= 11 is 0. The number of carbonyl (C=O) groups excluding carboxylic acids is 2. The minimum Gasteiger partial charge on any atom is -0.325 e. The fourth-order valence-electron chi connectivity index (χ4n) is 2.50. The number of carbonyl (C=O) groups is 2. The highest BCUT2D eigenvalue weighted by molar-refractivity contribution is 6.04. The predicted molar refractivity (Wildman–Crippen MR) is 83.5 cm³/mol. The molecule has 1 saturated heterocycles. The first-order valence-corrected chi connectivity index (χ1v) is 7.61. The average molecular weight is 313 g/mol. The highest BCUT2D eigenvalue weighted by Crippen LogP contribution is 2.15. The van der Waals surface area contributed by atoms with Crippen molar-refractivity contribution in [1.82, 2.24) is 25.4 Å². The van der Waals surface area contributed by atoms with E-state index in [1.54, 1.807) is 0 Å². The highest BCUT2D eigenvalue weighted by atomic mass is 16.2. The summed E-state index contributed by atoms with van der Waals surface area (Å²) in [6.07, 6.45) is 0.482. The van der Waals surface area contributed by atoms with Crippen LogP contribution in [0.25, 0.3) is 0 Å². The fourth-order valence-corrected chi connectivity index (χ4v) is 2.50. The topological polar surface area (TPSA) is 91.0 Å². The fraction of sp³-hybridized carbons (Fsp3) is 0.375. The Morgan fingerprint density at radius 2 is 1.96 bits per heavy atom. The number of nitrogens with one attached hydrogen (secondary N) is 2. The molecule has 1 aliphatic heterocycles. The third-order valence-corrected chi connectivity index (χ3v) is 3.76. The van der Waals surface area contributed by atoms with Crippen LogP contribution in [-0.2, 0) is 17.8 Å². The van der Waals surface area contributed by atoms with Gasteiger partial charge in [-0.05, 0) is 5.56 Å². The number of nitrogens with zero attached hydrogens (tertiary/aromatic N) is 3. The molecule has 0 aliphatic carbocycles. The Balaban J connectivity index is 1.68. The molecule has 0 radical (unpaired) electrons. The standard InChI is InChI=1S/C16H19N5O2/c1-10(2)14-18-13(19-20-14)9-21-15(22)12(17-16(21)23)8-11-6-4-3-5-7-11/h3-7,10,12H,8-9H2,1-2H3,(H,17,23)(H,18,19,20).